The minimum Gasteiger partial charge on any atom is -0.362 e. The molecule has 0 aromatic heterocycles. The van der Waals surface area contributed by atoms with Gasteiger partial charge in [-0.15, -0.1) is 0 Å². The van der Waals surface area contributed by atoms with Crippen molar-refractivity contribution in [2.75, 3.05) is 0 Å². The highest BCUT2D eigenvalue weighted by molar-refractivity contribution is 5.52. The number of allylic oxidation sites excluding steroid dienone is 5. The Morgan fingerprint density at radius 3 is 2.69 bits per heavy atom. The summed E-state index contributed by atoms with van der Waals surface area (Å²) >= 11 is 0. The van der Waals surface area contributed by atoms with E-state index in [0.717, 1.165) is 11.3 Å². The zero-order chi connectivity index (χ0) is 9.84. The predicted molar refractivity (Wildman–Crippen MR) is 58.1 cm³/mol. The van der Waals surface area contributed by atoms with Gasteiger partial charge in [-0.1, -0.05) is 30.9 Å². The molecule has 0 bridgehead atoms. The van der Waals surface area contributed by atoms with Crippen molar-refractivity contribution in [1.29, 1.82) is 0 Å². The van der Waals surface area contributed by atoms with E-state index in [9.17, 15) is 0 Å². The molecule has 0 amide bonds. The lowest BCUT2D eigenvalue weighted by molar-refractivity contribution is 1.06. The zero-order valence-corrected chi connectivity index (χ0v) is 8.22. The third-order valence-corrected chi connectivity index (χ3v) is 1.80. The summed E-state index contributed by atoms with van der Waals surface area (Å²) in [6.45, 7) is 11.8. The Kier molecular flexibility index (Phi) is 2.91. The Morgan fingerprint density at radius 2 is 2.15 bits per heavy atom. The molecule has 0 atom stereocenters. The van der Waals surface area contributed by atoms with Crippen LogP contribution in [-0.4, -0.2) is 0 Å². The lowest BCUT2D eigenvalue weighted by Gasteiger charge is -2.14. The Balaban J connectivity index is 3.15. The summed E-state index contributed by atoms with van der Waals surface area (Å²) in [5, 5.41) is 3.05. The first-order chi connectivity index (χ1) is 6.15. The van der Waals surface area contributed by atoms with E-state index in [1.807, 2.05) is 18.4 Å². The second-order valence-electron chi connectivity index (χ2n) is 3.25. The van der Waals surface area contributed by atoms with E-state index in [1.54, 1.807) is 0 Å². The van der Waals surface area contributed by atoms with Gasteiger partial charge in [0.05, 0.1) is 0 Å². The van der Waals surface area contributed by atoms with Gasteiger partial charge in [-0.2, -0.15) is 0 Å². The third kappa shape index (κ3) is 2.22. The molecule has 1 heterocycles. The maximum Gasteiger partial charge on any atom is 0.0386 e. The smallest absolute Gasteiger partial charge is 0.0386 e. The molecule has 0 fully saturated rings. The maximum absolute atomic E-state index is 3.90. The lowest BCUT2D eigenvalue weighted by Crippen LogP contribution is -2.10. The Labute approximate surface area is 79.8 Å². The van der Waals surface area contributed by atoms with Crippen molar-refractivity contribution in [2.24, 2.45) is 0 Å². The van der Waals surface area contributed by atoms with Gasteiger partial charge in [0.25, 0.3) is 0 Å². The van der Waals surface area contributed by atoms with Gasteiger partial charge in [-0.05, 0) is 25.5 Å². The van der Waals surface area contributed by atoms with Crippen LogP contribution in [0.25, 0.3) is 0 Å². The molecule has 0 saturated carbocycles. The van der Waals surface area contributed by atoms with Crippen molar-refractivity contribution >= 4 is 0 Å². The second-order valence-corrected chi connectivity index (χ2v) is 3.25. The normalized spacial score (nSPS) is 15.4. The molecule has 0 radical (unpaired) electrons. The van der Waals surface area contributed by atoms with Crippen molar-refractivity contribution < 1.29 is 0 Å². The largest absolute Gasteiger partial charge is 0.362 e. The van der Waals surface area contributed by atoms with Gasteiger partial charge in [0.2, 0.25) is 0 Å². The predicted octanol–water partition coefficient (Wildman–Crippen LogP) is 3.07. The van der Waals surface area contributed by atoms with E-state index in [4.69, 9.17) is 0 Å². The van der Waals surface area contributed by atoms with Gasteiger partial charge in [-0.3, -0.25) is 0 Å². The van der Waals surface area contributed by atoms with Crippen LogP contribution in [0.5, 0.6) is 0 Å². The fourth-order valence-electron chi connectivity index (χ4n) is 1.25. The number of rotatable bonds is 2. The summed E-state index contributed by atoms with van der Waals surface area (Å²) in [5.74, 6) is 0. The minimum absolute atomic E-state index is 0.907. The van der Waals surface area contributed by atoms with E-state index in [1.165, 1.54) is 11.1 Å². The van der Waals surface area contributed by atoms with Gasteiger partial charge in [-0.25, -0.2) is 0 Å². The fourth-order valence-corrected chi connectivity index (χ4v) is 1.25. The van der Waals surface area contributed by atoms with Crippen LogP contribution in [0.4, 0.5) is 0 Å². The molecule has 1 nitrogen and oxygen atoms in total. The van der Waals surface area contributed by atoms with Crippen LogP contribution < -0.4 is 5.32 Å². The summed E-state index contributed by atoms with van der Waals surface area (Å²) in [6, 6.07) is 0. The molecule has 0 saturated heterocycles. The highest BCUT2D eigenvalue weighted by Gasteiger charge is 2.05. The van der Waals surface area contributed by atoms with Crippen LogP contribution in [0, 0.1) is 0 Å². The maximum atomic E-state index is 3.90. The molecule has 0 unspecified atom stereocenters. The average molecular weight is 173 g/mol. The molecule has 1 heteroatoms. The number of dihydropyridines is 1. The van der Waals surface area contributed by atoms with Crippen LogP contribution in [-0.2, 0) is 0 Å². The quantitative estimate of drug-likeness (QED) is 0.676. The molecule has 0 aromatic carbocycles. The van der Waals surface area contributed by atoms with Crippen LogP contribution in [0.15, 0.2) is 60.0 Å². The molecule has 68 valence electrons. The Morgan fingerprint density at radius 1 is 1.46 bits per heavy atom. The van der Waals surface area contributed by atoms with Crippen LogP contribution in [0.1, 0.15) is 13.8 Å². The third-order valence-electron chi connectivity index (χ3n) is 1.80. The molecule has 0 spiro atoms. The van der Waals surface area contributed by atoms with Gasteiger partial charge < -0.3 is 5.32 Å². The van der Waals surface area contributed by atoms with Crippen molar-refractivity contribution in [2.45, 2.75) is 13.8 Å². The van der Waals surface area contributed by atoms with E-state index in [2.05, 4.69) is 38.4 Å². The van der Waals surface area contributed by atoms with E-state index in [-0.39, 0.29) is 0 Å². The lowest BCUT2D eigenvalue weighted by atomic mass is 10.0. The molecular weight excluding hydrogens is 158 g/mol. The second kappa shape index (κ2) is 3.94. The van der Waals surface area contributed by atoms with Crippen LogP contribution >= 0.6 is 0 Å². The zero-order valence-electron chi connectivity index (χ0n) is 8.22. The first-order valence-electron chi connectivity index (χ1n) is 4.29. The Bertz CT molecular complexity index is 323. The molecule has 13 heavy (non-hydrogen) atoms. The molecule has 0 aliphatic carbocycles. The molecule has 0 aromatic rings. The number of hydrogen-bond donors (Lipinski definition) is 1. The highest BCUT2D eigenvalue weighted by atomic mass is 14.9. The van der Waals surface area contributed by atoms with Crippen molar-refractivity contribution in [3.05, 3.63) is 60.0 Å². The average Bonchev–Trinajstić information content (AvgIpc) is 2.03. The highest BCUT2D eigenvalue weighted by Crippen LogP contribution is 2.19. The molecule has 1 aliphatic heterocycles. The Hall–Kier alpha value is -1.50. The molecule has 1 rings (SSSR count). The van der Waals surface area contributed by atoms with Gasteiger partial charge in [0.1, 0.15) is 0 Å². The van der Waals surface area contributed by atoms with Crippen molar-refractivity contribution in [3.63, 3.8) is 0 Å². The molecule has 1 aliphatic rings. The fraction of sp³-hybridized carbons (Fsp3) is 0.167. The number of nitrogens with one attached hydrogen (secondary N) is 1. The monoisotopic (exact) mass is 173 g/mol. The molecular formula is C12H15N. The standard InChI is InChI=1S/C12H15N/c1-5-12-10(4)13-7-6-11(12)8-9(2)3/h5-8,13H,1,4H2,2-3H3. The van der Waals surface area contributed by atoms with E-state index >= 15 is 0 Å². The van der Waals surface area contributed by atoms with E-state index in [0.29, 0.717) is 0 Å². The SMILES string of the molecule is C=CC1=C(C=C(C)C)C=CNC1=C. The van der Waals surface area contributed by atoms with Gasteiger partial charge in [0.15, 0.2) is 0 Å². The summed E-state index contributed by atoms with van der Waals surface area (Å²) in [6.07, 6.45) is 7.87. The van der Waals surface area contributed by atoms with Crippen molar-refractivity contribution in [1.82, 2.24) is 5.32 Å². The van der Waals surface area contributed by atoms with Crippen LogP contribution in [0.3, 0.4) is 0 Å². The summed E-state index contributed by atoms with van der Waals surface area (Å²) in [5.41, 5.74) is 4.42. The minimum atomic E-state index is 0.907. The van der Waals surface area contributed by atoms with Gasteiger partial charge >= 0.3 is 0 Å². The summed E-state index contributed by atoms with van der Waals surface area (Å²) < 4.78 is 0. The van der Waals surface area contributed by atoms with Crippen LogP contribution in [0.2, 0.25) is 0 Å². The van der Waals surface area contributed by atoms with Crippen molar-refractivity contribution in [3.8, 4) is 0 Å². The van der Waals surface area contributed by atoms with Gasteiger partial charge in [0, 0.05) is 17.5 Å². The topological polar surface area (TPSA) is 12.0 Å². The first kappa shape index (κ1) is 9.59. The van der Waals surface area contributed by atoms with E-state index < -0.39 is 0 Å². The number of hydrogen-bond acceptors (Lipinski definition) is 1. The summed E-state index contributed by atoms with van der Waals surface area (Å²) in [7, 11) is 0. The summed E-state index contributed by atoms with van der Waals surface area (Å²) in [4.78, 5) is 0. The first-order valence-corrected chi connectivity index (χ1v) is 4.29. The molecule has 1 N–H and O–H groups in total.